The molecule has 140 valence electrons. The van der Waals surface area contributed by atoms with Gasteiger partial charge in [-0.3, -0.25) is 14.5 Å². The van der Waals surface area contributed by atoms with Gasteiger partial charge in [-0.05, 0) is 35.7 Å². The first kappa shape index (κ1) is 16.9. The van der Waals surface area contributed by atoms with Crippen LogP contribution in [0.4, 0.5) is 5.95 Å². The van der Waals surface area contributed by atoms with Crippen molar-refractivity contribution in [1.82, 2.24) is 14.9 Å². The summed E-state index contributed by atoms with van der Waals surface area (Å²) in [6, 6.07) is 16.8. The lowest BCUT2D eigenvalue weighted by Gasteiger charge is -2.13. The van der Waals surface area contributed by atoms with Crippen LogP contribution in [0.2, 0.25) is 0 Å². The van der Waals surface area contributed by atoms with Gasteiger partial charge in [0.2, 0.25) is 17.8 Å². The van der Waals surface area contributed by atoms with E-state index in [1.165, 1.54) is 10.8 Å². The van der Waals surface area contributed by atoms with Crippen molar-refractivity contribution < 1.29 is 9.59 Å². The Hall–Kier alpha value is -3.28. The molecule has 3 saturated heterocycles. The molecule has 3 aliphatic rings. The molecule has 4 heterocycles. The molecule has 1 unspecified atom stereocenters. The zero-order chi connectivity index (χ0) is 19.1. The minimum Gasteiger partial charge on any atom is -0.329 e. The first-order valence-electron chi connectivity index (χ1n) is 9.64. The van der Waals surface area contributed by atoms with Crippen molar-refractivity contribution in [2.24, 2.45) is 0 Å². The summed E-state index contributed by atoms with van der Waals surface area (Å²) in [5, 5.41) is 2.38. The Bertz CT molecular complexity index is 1070. The molecule has 6 rings (SSSR count). The van der Waals surface area contributed by atoms with Gasteiger partial charge < -0.3 is 4.90 Å². The molecule has 6 heteroatoms. The maximum atomic E-state index is 11.8. The van der Waals surface area contributed by atoms with E-state index in [1.807, 2.05) is 23.1 Å². The van der Waals surface area contributed by atoms with Gasteiger partial charge in [0.1, 0.15) is 6.04 Å². The summed E-state index contributed by atoms with van der Waals surface area (Å²) < 4.78 is 0. The zero-order valence-corrected chi connectivity index (χ0v) is 15.4. The molecule has 3 aromatic rings. The molecular weight excluding hydrogens is 352 g/mol. The van der Waals surface area contributed by atoms with Gasteiger partial charge in [0, 0.05) is 31.3 Å². The molecule has 0 aliphatic carbocycles. The maximum Gasteiger partial charge on any atom is 0.246 e. The van der Waals surface area contributed by atoms with Crippen molar-refractivity contribution in [2.45, 2.75) is 25.3 Å². The van der Waals surface area contributed by atoms with E-state index in [2.05, 4.69) is 40.3 Å². The Morgan fingerprint density at radius 1 is 0.964 bits per heavy atom. The number of hydrogen-bond donors (Lipinski definition) is 0. The molecule has 0 spiro atoms. The van der Waals surface area contributed by atoms with Crippen molar-refractivity contribution in [3.8, 4) is 11.3 Å². The number of benzene rings is 2. The standard InChI is InChI=1S/C18H15N3O.C4H5NO/c22-17-6-3-11-21(17)18-19-10-9-16(20-18)15-8-7-13-4-1-2-5-14(13)12-15;6-4-3-1-2-5(3)4/h1-2,4-5,7-10,12H,3,6,11H2;3H,1-2H2. The zero-order valence-electron chi connectivity index (χ0n) is 15.4. The smallest absolute Gasteiger partial charge is 0.246 e. The number of anilines is 1. The number of rotatable bonds is 2. The first-order chi connectivity index (χ1) is 13.7. The highest BCUT2D eigenvalue weighted by Crippen LogP contribution is 2.32. The van der Waals surface area contributed by atoms with Gasteiger partial charge in [0.05, 0.1) is 5.69 Å². The van der Waals surface area contributed by atoms with Gasteiger partial charge in [0.25, 0.3) is 0 Å². The quantitative estimate of drug-likeness (QED) is 0.649. The summed E-state index contributed by atoms with van der Waals surface area (Å²) in [7, 11) is 0. The topological polar surface area (TPSA) is 66.2 Å². The molecule has 0 N–H and O–H groups in total. The molecule has 0 saturated carbocycles. The summed E-state index contributed by atoms with van der Waals surface area (Å²) in [6.07, 6.45) is 4.31. The first-order valence-corrected chi connectivity index (χ1v) is 9.64. The predicted molar refractivity (Wildman–Crippen MR) is 107 cm³/mol. The van der Waals surface area contributed by atoms with Gasteiger partial charge in [-0.1, -0.05) is 36.4 Å². The van der Waals surface area contributed by atoms with Crippen molar-refractivity contribution in [2.75, 3.05) is 18.0 Å². The molecule has 1 atom stereocenters. The summed E-state index contributed by atoms with van der Waals surface area (Å²) >= 11 is 0. The second-order valence-electron chi connectivity index (χ2n) is 7.29. The third kappa shape index (κ3) is 3.01. The molecule has 3 fully saturated rings. The van der Waals surface area contributed by atoms with E-state index in [1.54, 1.807) is 11.1 Å². The number of carbonyl (C=O) groups is 2. The molecule has 2 amide bonds. The van der Waals surface area contributed by atoms with Gasteiger partial charge in [-0.2, -0.15) is 0 Å². The van der Waals surface area contributed by atoms with Crippen LogP contribution < -0.4 is 4.90 Å². The van der Waals surface area contributed by atoms with Crippen molar-refractivity contribution in [3.05, 3.63) is 54.7 Å². The fraction of sp³-hybridized carbons (Fsp3) is 0.273. The van der Waals surface area contributed by atoms with Crippen molar-refractivity contribution in [1.29, 1.82) is 0 Å². The van der Waals surface area contributed by atoms with Crippen LogP contribution in [0.25, 0.3) is 22.0 Å². The highest BCUT2D eigenvalue weighted by molar-refractivity contribution is 5.99. The molecule has 0 bridgehead atoms. The SMILES string of the molecule is O=C1C2CCN12.O=C1CCCN1c1nccc(-c2ccc3ccccc3c2)n1. The van der Waals surface area contributed by atoms with E-state index < -0.39 is 0 Å². The number of fused-ring (bicyclic) bond motifs is 2. The molecule has 3 aliphatic heterocycles. The Morgan fingerprint density at radius 2 is 1.79 bits per heavy atom. The van der Waals surface area contributed by atoms with E-state index in [4.69, 9.17) is 0 Å². The average Bonchev–Trinajstić information content (AvgIpc) is 3.00. The fourth-order valence-electron chi connectivity index (χ4n) is 3.73. The fourth-order valence-corrected chi connectivity index (χ4v) is 3.73. The highest BCUT2D eigenvalue weighted by atomic mass is 16.2. The van der Waals surface area contributed by atoms with Gasteiger partial charge in [-0.15, -0.1) is 0 Å². The van der Waals surface area contributed by atoms with E-state index >= 15 is 0 Å². The summed E-state index contributed by atoms with van der Waals surface area (Å²) in [6.45, 7) is 1.74. The van der Waals surface area contributed by atoms with Crippen LogP contribution in [0.3, 0.4) is 0 Å². The summed E-state index contributed by atoms with van der Waals surface area (Å²) in [5.74, 6) is 0.985. The monoisotopic (exact) mass is 372 g/mol. The summed E-state index contributed by atoms with van der Waals surface area (Å²) in [4.78, 5) is 34.4. The van der Waals surface area contributed by atoms with Crippen LogP contribution in [0, 0.1) is 0 Å². The van der Waals surface area contributed by atoms with E-state index in [0.717, 1.165) is 30.6 Å². The summed E-state index contributed by atoms with van der Waals surface area (Å²) in [5.41, 5.74) is 1.88. The van der Waals surface area contributed by atoms with Crippen LogP contribution in [-0.4, -0.2) is 45.8 Å². The number of aromatic nitrogens is 2. The number of carbonyl (C=O) groups excluding carboxylic acids is 2. The Labute approximate surface area is 162 Å². The Balaban J connectivity index is 0.000000239. The van der Waals surface area contributed by atoms with Gasteiger partial charge in [0.15, 0.2) is 0 Å². The minimum atomic E-state index is 0.107. The molecule has 0 radical (unpaired) electrons. The van der Waals surface area contributed by atoms with Gasteiger partial charge in [-0.25, -0.2) is 9.97 Å². The van der Waals surface area contributed by atoms with Gasteiger partial charge >= 0.3 is 0 Å². The maximum absolute atomic E-state index is 11.8. The Morgan fingerprint density at radius 3 is 2.43 bits per heavy atom. The lowest BCUT2D eigenvalue weighted by molar-refractivity contribution is -0.117. The van der Waals surface area contributed by atoms with Crippen LogP contribution in [0.1, 0.15) is 19.3 Å². The molecule has 2 aromatic carbocycles. The molecular formula is C22H20N4O2. The average molecular weight is 372 g/mol. The van der Waals surface area contributed by atoms with E-state index in [0.29, 0.717) is 30.9 Å². The number of nitrogens with zero attached hydrogens (tertiary/aromatic N) is 4. The highest BCUT2D eigenvalue weighted by Gasteiger charge is 2.52. The molecule has 28 heavy (non-hydrogen) atoms. The van der Waals surface area contributed by atoms with E-state index in [9.17, 15) is 9.59 Å². The second-order valence-corrected chi connectivity index (χ2v) is 7.29. The molecule has 6 nitrogen and oxygen atoms in total. The van der Waals surface area contributed by atoms with Crippen molar-refractivity contribution >= 4 is 28.5 Å². The van der Waals surface area contributed by atoms with E-state index in [-0.39, 0.29) is 5.91 Å². The van der Waals surface area contributed by atoms with Crippen LogP contribution in [0.15, 0.2) is 54.7 Å². The second kappa shape index (κ2) is 6.71. The lowest BCUT2D eigenvalue weighted by Crippen LogP contribution is -2.25. The third-order valence-electron chi connectivity index (χ3n) is 5.52. The predicted octanol–water partition coefficient (Wildman–Crippen LogP) is 3.02. The normalized spacial score (nSPS) is 19.8. The number of amides is 2. The lowest BCUT2D eigenvalue weighted by atomic mass is 10.1. The van der Waals surface area contributed by atoms with Crippen LogP contribution in [-0.2, 0) is 9.59 Å². The molecule has 1 aromatic heterocycles. The van der Waals surface area contributed by atoms with Crippen molar-refractivity contribution in [3.63, 3.8) is 0 Å². The Kier molecular flexibility index (Phi) is 4.04. The van der Waals surface area contributed by atoms with Crippen LogP contribution in [0.5, 0.6) is 0 Å². The minimum absolute atomic E-state index is 0.107. The van der Waals surface area contributed by atoms with Crippen LogP contribution >= 0.6 is 0 Å². The third-order valence-corrected chi connectivity index (χ3v) is 5.52. The largest absolute Gasteiger partial charge is 0.329 e. The number of hydrogen-bond acceptors (Lipinski definition) is 4.